The Kier molecular flexibility index (Phi) is 7.82. The maximum Gasteiger partial charge on any atom is 0.297 e. The van der Waals surface area contributed by atoms with Crippen molar-refractivity contribution in [3.8, 4) is 11.5 Å². The van der Waals surface area contributed by atoms with Gasteiger partial charge in [0.25, 0.3) is 5.56 Å². The number of aromatic nitrogens is 1. The number of fused-ring (bicyclic) bond motifs is 1. The number of rotatable bonds is 11. The van der Waals surface area contributed by atoms with Crippen molar-refractivity contribution >= 4 is 16.6 Å². The van der Waals surface area contributed by atoms with Gasteiger partial charge in [0, 0.05) is 17.6 Å². The fourth-order valence-electron chi connectivity index (χ4n) is 3.18. The van der Waals surface area contributed by atoms with Crippen LogP contribution in [0.1, 0.15) is 65.2 Å². The number of benzene rings is 1. The summed E-state index contributed by atoms with van der Waals surface area (Å²) >= 11 is 0. The van der Waals surface area contributed by atoms with Crippen molar-refractivity contribution in [3.05, 3.63) is 28.6 Å². The molecule has 0 saturated heterocycles. The SMILES string of the molecule is CCCCCCOc1c(O)c2ccc(N)cc2n(CCCCCC)c1=O. The average molecular weight is 360 g/mol. The van der Waals surface area contributed by atoms with Crippen LogP contribution < -0.4 is 16.0 Å². The third-order valence-electron chi connectivity index (χ3n) is 4.70. The van der Waals surface area contributed by atoms with Gasteiger partial charge in [-0.3, -0.25) is 4.79 Å². The second kappa shape index (κ2) is 10.1. The molecule has 0 unspecified atom stereocenters. The van der Waals surface area contributed by atoms with E-state index in [1.165, 1.54) is 0 Å². The summed E-state index contributed by atoms with van der Waals surface area (Å²) in [4.78, 5) is 12.9. The van der Waals surface area contributed by atoms with Gasteiger partial charge in [0.15, 0.2) is 5.75 Å². The molecule has 0 aliphatic carbocycles. The first kappa shape index (κ1) is 20.1. The molecule has 5 heteroatoms. The van der Waals surface area contributed by atoms with Gasteiger partial charge in [-0.1, -0.05) is 52.4 Å². The fourth-order valence-corrected chi connectivity index (χ4v) is 3.18. The molecule has 1 aromatic carbocycles. The van der Waals surface area contributed by atoms with E-state index in [9.17, 15) is 9.90 Å². The molecule has 0 amide bonds. The van der Waals surface area contributed by atoms with Crippen LogP contribution in [0.4, 0.5) is 5.69 Å². The topological polar surface area (TPSA) is 77.5 Å². The van der Waals surface area contributed by atoms with Crippen LogP contribution in [0.2, 0.25) is 0 Å². The Morgan fingerprint density at radius 1 is 1.04 bits per heavy atom. The summed E-state index contributed by atoms with van der Waals surface area (Å²) in [5.74, 6) is -0.0143. The van der Waals surface area contributed by atoms with Crippen molar-refractivity contribution < 1.29 is 9.84 Å². The second-order valence-electron chi connectivity index (χ2n) is 6.88. The van der Waals surface area contributed by atoms with E-state index in [1.807, 2.05) is 0 Å². The molecule has 2 aromatic rings. The zero-order valence-corrected chi connectivity index (χ0v) is 16.1. The van der Waals surface area contributed by atoms with Crippen molar-refractivity contribution in [1.29, 1.82) is 0 Å². The number of aromatic hydroxyl groups is 1. The van der Waals surface area contributed by atoms with Crippen LogP contribution in [0.15, 0.2) is 23.0 Å². The van der Waals surface area contributed by atoms with Gasteiger partial charge in [-0.25, -0.2) is 0 Å². The van der Waals surface area contributed by atoms with Gasteiger partial charge < -0.3 is 20.1 Å². The van der Waals surface area contributed by atoms with Crippen LogP contribution in [0, 0.1) is 0 Å². The predicted octanol–water partition coefficient (Wildman–Crippen LogP) is 4.83. The fraction of sp³-hybridized carbons (Fsp3) is 0.571. The number of anilines is 1. The number of hydrogen-bond acceptors (Lipinski definition) is 4. The van der Waals surface area contributed by atoms with Gasteiger partial charge in [0.1, 0.15) is 0 Å². The lowest BCUT2D eigenvalue weighted by atomic mass is 10.1. The zero-order valence-electron chi connectivity index (χ0n) is 16.1. The lowest BCUT2D eigenvalue weighted by Crippen LogP contribution is -2.23. The molecule has 0 radical (unpaired) electrons. The molecule has 0 spiro atoms. The van der Waals surface area contributed by atoms with Gasteiger partial charge in [0.2, 0.25) is 5.75 Å². The summed E-state index contributed by atoms with van der Waals surface area (Å²) < 4.78 is 7.40. The summed E-state index contributed by atoms with van der Waals surface area (Å²) in [6.07, 6.45) is 8.51. The molecule has 3 N–H and O–H groups in total. The van der Waals surface area contributed by atoms with Crippen molar-refractivity contribution in [3.63, 3.8) is 0 Å². The lowest BCUT2D eigenvalue weighted by molar-refractivity contribution is 0.284. The third kappa shape index (κ3) is 4.93. The Hall–Kier alpha value is -2.17. The summed E-state index contributed by atoms with van der Waals surface area (Å²) in [6, 6.07) is 5.24. The number of aryl methyl sites for hydroxylation is 1. The lowest BCUT2D eigenvalue weighted by Gasteiger charge is -2.16. The van der Waals surface area contributed by atoms with E-state index >= 15 is 0 Å². The van der Waals surface area contributed by atoms with Gasteiger partial charge in [0.05, 0.1) is 12.1 Å². The molecule has 1 heterocycles. The largest absolute Gasteiger partial charge is 0.504 e. The Bertz CT molecular complexity index is 768. The Labute approximate surface area is 155 Å². The molecule has 5 nitrogen and oxygen atoms in total. The van der Waals surface area contributed by atoms with Crippen LogP contribution in [0.25, 0.3) is 10.9 Å². The zero-order chi connectivity index (χ0) is 18.9. The summed E-state index contributed by atoms with van der Waals surface area (Å²) in [5, 5.41) is 11.2. The normalized spacial score (nSPS) is 11.2. The van der Waals surface area contributed by atoms with Crippen LogP contribution in [-0.2, 0) is 6.54 Å². The number of nitrogens with two attached hydrogens (primary N) is 1. The van der Waals surface area contributed by atoms with Gasteiger partial charge >= 0.3 is 0 Å². The number of ether oxygens (including phenoxy) is 1. The van der Waals surface area contributed by atoms with E-state index < -0.39 is 0 Å². The number of nitrogen functional groups attached to an aromatic ring is 1. The number of unbranched alkanes of at least 4 members (excludes halogenated alkanes) is 6. The van der Waals surface area contributed by atoms with Crippen LogP contribution in [0.3, 0.4) is 0 Å². The standard InChI is InChI=1S/C21H32N2O3/c1-3-5-7-9-13-23-18-15-16(22)11-12-17(18)19(24)20(21(23)25)26-14-10-8-6-4-2/h11-12,15,24H,3-10,13-14,22H2,1-2H3. The second-order valence-corrected chi connectivity index (χ2v) is 6.88. The predicted molar refractivity (Wildman–Crippen MR) is 108 cm³/mol. The van der Waals surface area contributed by atoms with E-state index in [1.54, 1.807) is 22.8 Å². The van der Waals surface area contributed by atoms with Gasteiger partial charge in [-0.05, 0) is 31.0 Å². The van der Waals surface area contributed by atoms with Crippen LogP contribution >= 0.6 is 0 Å². The first-order valence-electron chi connectivity index (χ1n) is 9.87. The molecule has 0 aliphatic heterocycles. The minimum atomic E-state index is -0.271. The third-order valence-corrected chi connectivity index (χ3v) is 4.70. The molecule has 0 saturated carbocycles. The monoisotopic (exact) mass is 360 g/mol. The minimum absolute atomic E-state index is 0.0641. The highest BCUT2D eigenvalue weighted by molar-refractivity contribution is 5.89. The summed E-state index contributed by atoms with van der Waals surface area (Å²) in [7, 11) is 0. The van der Waals surface area contributed by atoms with E-state index in [-0.39, 0.29) is 17.1 Å². The van der Waals surface area contributed by atoms with Crippen LogP contribution in [-0.4, -0.2) is 16.3 Å². The van der Waals surface area contributed by atoms with Crippen molar-refractivity contribution in [2.24, 2.45) is 0 Å². The highest BCUT2D eigenvalue weighted by Crippen LogP contribution is 2.32. The number of hydrogen-bond donors (Lipinski definition) is 2. The first-order valence-corrected chi connectivity index (χ1v) is 9.87. The Morgan fingerprint density at radius 2 is 1.73 bits per heavy atom. The average Bonchev–Trinajstić information content (AvgIpc) is 2.63. The Morgan fingerprint density at radius 3 is 2.42 bits per heavy atom. The number of pyridine rings is 1. The highest BCUT2D eigenvalue weighted by Gasteiger charge is 2.17. The van der Waals surface area contributed by atoms with Gasteiger partial charge in [-0.2, -0.15) is 0 Å². The maximum absolute atomic E-state index is 12.9. The van der Waals surface area contributed by atoms with E-state index in [2.05, 4.69) is 13.8 Å². The summed E-state index contributed by atoms with van der Waals surface area (Å²) in [5.41, 5.74) is 6.88. The molecule has 26 heavy (non-hydrogen) atoms. The highest BCUT2D eigenvalue weighted by atomic mass is 16.5. The van der Waals surface area contributed by atoms with Crippen molar-refractivity contribution in [2.45, 2.75) is 71.8 Å². The molecule has 0 aliphatic rings. The molecule has 2 rings (SSSR count). The first-order chi connectivity index (χ1) is 12.6. The molecule has 0 atom stereocenters. The van der Waals surface area contributed by atoms with E-state index in [4.69, 9.17) is 10.5 Å². The summed E-state index contributed by atoms with van der Waals surface area (Å²) in [6.45, 7) is 5.36. The quantitative estimate of drug-likeness (QED) is 0.444. The molecule has 144 valence electrons. The van der Waals surface area contributed by atoms with E-state index in [0.29, 0.717) is 29.7 Å². The maximum atomic E-state index is 12.9. The smallest absolute Gasteiger partial charge is 0.297 e. The van der Waals surface area contributed by atoms with Gasteiger partial charge in [-0.15, -0.1) is 0 Å². The minimum Gasteiger partial charge on any atom is -0.504 e. The molecular weight excluding hydrogens is 328 g/mol. The van der Waals surface area contributed by atoms with Crippen molar-refractivity contribution in [1.82, 2.24) is 4.57 Å². The van der Waals surface area contributed by atoms with Crippen molar-refractivity contribution in [2.75, 3.05) is 12.3 Å². The number of nitrogens with zero attached hydrogens (tertiary/aromatic N) is 1. The molecule has 1 aromatic heterocycles. The molecular formula is C21H32N2O3. The Balaban J connectivity index is 2.32. The molecule has 0 bridgehead atoms. The molecule has 0 fully saturated rings. The van der Waals surface area contributed by atoms with E-state index in [0.717, 1.165) is 51.4 Å². The van der Waals surface area contributed by atoms with Crippen LogP contribution in [0.5, 0.6) is 11.5 Å².